The zero-order valence-corrected chi connectivity index (χ0v) is 33.6. The fraction of sp³-hybridized carbons (Fsp3) is 0.333. The molecule has 14 nitrogen and oxygen atoms in total. The maximum absolute atomic E-state index is 12.9. The number of hydrogen-bond acceptors (Lipinski definition) is 10. The molecule has 0 bridgehead atoms. The lowest BCUT2D eigenvalue weighted by molar-refractivity contribution is -0.141. The van der Waals surface area contributed by atoms with Gasteiger partial charge in [0.1, 0.15) is 11.4 Å². The Bertz CT molecular complexity index is 2360. The van der Waals surface area contributed by atoms with E-state index in [4.69, 9.17) is 0 Å². The van der Waals surface area contributed by atoms with Crippen LogP contribution in [0.25, 0.3) is 22.3 Å². The van der Waals surface area contributed by atoms with Gasteiger partial charge in [0, 0.05) is 73.2 Å². The maximum Gasteiger partial charge on any atom is 0.433 e. The van der Waals surface area contributed by atoms with Crippen LogP contribution in [0.2, 0.25) is 0 Å². The Balaban J connectivity index is 0.000000186. The summed E-state index contributed by atoms with van der Waals surface area (Å²) in [7, 11) is 0. The smallest absolute Gasteiger partial charge is 0.356 e. The highest BCUT2D eigenvalue weighted by atomic mass is 19.4. The SMILES string of the molecule is Cc1cc(Nc2nccc(C(F)(F)F)n2)cc(-c2cnn(C3CCNC(=O)CC3)c2)c1.Cc1cc(Nc2nccc(C(F)(F)F)n2)cc(-c2cnn(C3CCNC(=O)CC3)c2)c1. The van der Waals surface area contributed by atoms with Crippen LogP contribution in [0.3, 0.4) is 0 Å². The molecule has 4 N–H and O–H groups in total. The van der Waals surface area contributed by atoms with E-state index in [1.807, 2.05) is 59.9 Å². The molecule has 2 fully saturated rings. The topological polar surface area (TPSA) is 169 Å². The Morgan fingerprint density at radius 2 is 1.02 bits per heavy atom. The van der Waals surface area contributed by atoms with Crippen molar-refractivity contribution >= 4 is 35.1 Å². The minimum atomic E-state index is -4.54. The van der Waals surface area contributed by atoms with Crippen LogP contribution in [0.1, 0.15) is 73.1 Å². The van der Waals surface area contributed by atoms with Crippen LogP contribution in [-0.4, -0.2) is 64.4 Å². The van der Waals surface area contributed by atoms with E-state index in [1.54, 1.807) is 24.5 Å². The molecule has 62 heavy (non-hydrogen) atoms. The van der Waals surface area contributed by atoms with Gasteiger partial charge in [0.15, 0.2) is 0 Å². The second-order valence-electron chi connectivity index (χ2n) is 15.0. The van der Waals surface area contributed by atoms with Crippen molar-refractivity contribution in [1.82, 2.24) is 50.1 Å². The molecule has 0 aliphatic carbocycles. The standard InChI is InChI=1S/2C21H21F3N6O/c2*1-13-8-14(15-11-27-30(12-15)17-2-3-19(31)25-6-4-17)10-16(9-13)28-20-26-7-5-18(29-20)21(22,23)24/h2*5,7-12,17H,2-4,6H2,1H3,(H,25,31)(H,26,28,29). The number of nitrogens with zero attached hydrogens (tertiary/aromatic N) is 8. The summed E-state index contributed by atoms with van der Waals surface area (Å²) in [5.74, 6) is -0.141. The zero-order valence-electron chi connectivity index (χ0n) is 33.6. The Morgan fingerprint density at radius 1 is 0.597 bits per heavy atom. The lowest BCUT2D eigenvalue weighted by Crippen LogP contribution is -2.21. The van der Waals surface area contributed by atoms with E-state index in [2.05, 4.69) is 51.4 Å². The van der Waals surface area contributed by atoms with Crippen LogP contribution < -0.4 is 21.3 Å². The first-order valence-electron chi connectivity index (χ1n) is 19.8. The van der Waals surface area contributed by atoms with Crippen LogP contribution in [0.4, 0.5) is 49.6 Å². The number of carbonyl (C=O) groups is 2. The van der Waals surface area contributed by atoms with Crippen molar-refractivity contribution in [3.05, 3.63) is 108 Å². The molecule has 0 spiro atoms. The molecular formula is C42H42F6N12O2. The minimum Gasteiger partial charge on any atom is -0.356 e. The summed E-state index contributed by atoms with van der Waals surface area (Å²) in [4.78, 5) is 38.0. The van der Waals surface area contributed by atoms with Crippen molar-refractivity contribution in [2.75, 3.05) is 23.7 Å². The van der Waals surface area contributed by atoms with E-state index in [9.17, 15) is 35.9 Å². The molecule has 6 aromatic rings. The third kappa shape index (κ3) is 11.3. The summed E-state index contributed by atoms with van der Waals surface area (Å²) in [6.45, 7) is 5.03. The van der Waals surface area contributed by atoms with Crippen molar-refractivity contribution < 1.29 is 35.9 Å². The second kappa shape index (κ2) is 18.4. The number of aryl methyl sites for hydroxylation is 2. The molecule has 2 aromatic carbocycles. The van der Waals surface area contributed by atoms with Gasteiger partial charge in [-0.25, -0.2) is 19.9 Å². The molecule has 4 aromatic heterocycles. The second-order valence-corrected chi connectivity index (χ2v) is 15.0. The molecule has 2 saturated heterocycles. The van der Waals surface area contributed by atoms with Crippen LogP contribution >= 0.6 is 0 Å². The van der Waals surface area contributed by atoms with Crippen molar-refractivity contribution in [2.45, 2.75) is 76.8 Å². The van der Waals surface area contributed by atoms with Crippen LogP contribution in [0.5, 0.6) is 0 Å². The van der Waals surface area contributed by atoms with Crippen molar-refractivity contribution in [1.29, 1.82) is 0 Å². The van der Waals surface area contributed by atoms with Gasteiger partial charge < -0.3 is 21.3 Å². The van der Waals surface area contributed by atoms with Crippen molar-refractivity contribution in [2.24, 2.45) is 0 Å². The van der Waals surface area contributed by atoms with Gasteiger partial charge in [0.2, 0.25) is 23.7 Å². The first-order valence-corrected chi connectivity index (χ1v) is 19.8. The lowest BCUT2D eigenvalue weighted by atomic mass is 10.1. The normalized spacial score (nSPS) is 17.2. The third-order valence-corrected chi connectivity index (χ3v) is 10.2. The van der Waals surface area contributed by atoms with Crippen LogP contribution in [0.15, 0.2) is 85.7 Å². The van der Waals surface area contributed by atoms with E-state index in [1.165, 1.54) is 0 Å². The summed E-state index contributed by atoms with van der Waals surface area (Å²) >= 11 is 0. The van der Waals surface area contributed by atoms with Gasteiger partial charge in [-0.15, -0.1) is 0 Å². The number of nitrogens with one attached hydrogen (secondary N) is 4. The van der Waals surface area contributed by atoms with Crippen LogP contribution in [0, 0.1) is 13.8 Å². The van der Waals surface area contributed by atoms with E-state index in [-0.39, 0.29) is 35.8 Å². The number of halogens is 6. The van der Waals surface area contributed by atoms with E-state index in [0.29, 0.717) is 37.3 Å². The molecule has 2 aliphatic heterocycles. The monoisotopic (exact) mass is 860 g/mol. The Hall–Kier alpha value is -6.86. The van der Waals surface area contributed by atoms with E-state index < -0.39 is 23.7 Å². The highest BCUT2D eigenvalue weighted by Gasteiger charge is 2.34. The summed E-state index contributed by atoms with van der Waals surface area (Å²) in [6, 6.07) is 13.1. The number of amides is 2. The Kier molecular flexibility index (Phi) is 12.8. The molecule has 2 amide bonds. The molecule has 2 aliphatic rings. The number of aromatic nitrogens is 8. The predicted molar refractivity (Wildman–Crippen MR) is 217 cm³/mol. The minimum absolute atomic E-state index is 0.0566. The van der Waals surface area contributed by atoms with E-state index >= 15 is 0 Å². The van der Waals surface area contributed by atoms with Gasteiger partial charge in [-0.05, 0) is 98.2 Å². The fourth-order valence-electron chi connectivity index (χ4n) is 7.18. The number of benzene rings is 2. The van der Waals surface area contributed by atoms with Gasteiger partial charge in [0.05, 0.1) is 24.5 Å². The number of alkyl halides is 6. The zero-order chi connectivity index (χ0) is 44.0. The van der Waals surface area contributed by atoms with Gasteiger partial charge in [-0.2, -0.15) is 36.5 Å². The third-order valence-electron chi connectivity index (χ3n) is 10.2. The fourth-order valence-corrected chi connectivity index (χ4v) is 7.18. The van der Waals surface area contributed by atoms with E-state index in [0.717, 1.165) is 83.6 Å². The predicted octanol–water partition coefficient (Wildman–Crippen LogP) is 8.50. The van der Waals surface area contributed by atoms with Crippen LogP contribution in [-0.2, 0) is 21.9 Å². The highest BCUT2D eigenvalue weighted by molar-refractivity contribution is 5.76. The summed E-state index contributed by atoms with van der Waals surface area (Å²) in [5, 5.41) is 20.4. The molecular weight excluding hydrogens is 819 g/mol. The Labute approximate surface area is 351 Å². The molecule has 0 saturated carbocycles. The maximum atomic E-state index is 12.9. The quantitative estimate of drug-likeness (QED) is 0.109. The Morgan fingerprint density at radius 3 is 1.42 bits per heavy atom. The van der Waals surface area contributed by atoms with Crippen molar-refractivity contribution in [3.63, 3.8) is 0 Å². The molecule has 324 valence electrons. The number of anilines is 4. The molecule has 8 rings (SSSR count). The first-order chi connectivity index (χ1) is 29.6. The summed E-state index contributed by atoms with van der Waals surface area (Å²) in [6.07, 6.45) is 4.43. The van der Waals surface area contributed by atoms with Crippen molar-refractivity contribution in [3.8, 4) is 22.3 Å². The molecule has 6 heterocycles. The molecule has 2 atom stereocenters. The molecule has 20 heteroatoms. The van der Waals surface area contributed by atoms with Gasteiger partial charge in [-0.1, -0.05) is 12.1 Å². The highest BCUT2D eigenvalue weighted by Crippen LogP contribution is 2.32. The summed E-state index contributed by atoms with van der Waals surface area (Å²) in [5.41, 5.74) is 4.46. The number of carbonyl (C=O) groups excluding carboxylic acids is 2. The largest absolute Gasteiger partial charge is 0.433 e. The average molecular weight is 861 g/mol. The van der Waals surface area contributed by atoms with Gasteiger partial charge in [-0.3, -0.25) is 19.0 Å². The number of hydrogen-bond donors (Lipinski definition) is 4. The molecule has 0 radical (unpaired) electrons. The van der Waals surface area contributed by atoms with Gasteiger partial charge in [0.25, 0.3) is 0 Å². The average Bonchev–Trinajstić information content (AvgIpc) is 3.81. The lowest BCUT2D eigenvalue weighted by Gasteiger charge is -2.13. The first kappa shape index (κ1) is 43.2. The molecule has 2 unspecified atom stereocenters. The number of rotatable bonds is 8. The van der Waals surface area contributed by atoms with Gasteiger partial charge >= 0.3 is 12.4 Å². The summed E-state index contributed by atoms with van der Waals surface area (Å²) < 4.78 is 81.2.